The summed E-state index contributed by atoms with van der Waals surface area (Å²) in [6, 6.07) is 10.2. The lowest BCUT2D eigenvalue weighted by Gasteiger charge is -2.22. The average molecular weight is 386 g/mol. The summed E-state index contributed by atoms with van der Waals surface area (Å²) in [7, 11) is 0. The molecule has 1 atom stereocenters. The second-order valence-corrected chi connectivity index (χ2v) is 6.93. The highest BCUT2D eigenvalue weighted by atomic mass is 35.5. The fraction of sp³-hybridized carbons (Fsp3) is 0.316. The molecule has 1 unspecified atom stereocenters. The monoisotopic (exact) mass is 385 g/mol. The van der Waals surface area contributed by atoms with Crippen molar-refractivity contribution in [3.05, 3.63) is 70.8 Å². The lowest BCUT2D eigenvalue weighted by molar-refractivity contribution is -0.122. The number of carbonyl (C=O) groups is 1. The summed E-state index contributed by atoms with van der Waals surface area (Å²) < 4.78 is 9.28. The van der Waals surface area contributed by atoms with Gasteiger partial charge in [-0.25, -0.2) is 0 Å². The van der Waals surface area contributed by atoms with Gasteiger partial charge in [-0.1, -0.05) is 41.9 Å². The summed E-state index contributed by atoms with van der Waals surface area (Å²) in [5, 5.41) is 12.1. The molecule has 0 fully saturated rings. The van der Waals surface area contributed by atoms with E-state index in [0.29, 0.717) is 24.7 Å². The zero-order chi connectivity index (χ0) is 18.6. The molecule has 4 rings (SSSR count). The van der Waals surface area contributed by atoms with Gasteiger partial charge in [0.15, 0.2) is 0 Å². The Hall–Kier alpha value is -2.64. The fourth-order valence-corrected chi connectivity index (χ4v) is 3.33. The maximum atomic E-state index is 12.1. The van der Waals surface area contributed by atoms with Gasteiger partial charge in [0.25, 0.3) is 0 Å². The molecule has 0 saturated heterocycles. The van der Waals surface area contributed by atoms with Crippen molar-refractivity contribution in [2.45, 2.75) is 25.6 Å². The van der Waals surface area contributed by atoms with Gasteiger partial charge in [-0.15, -0.1) is 0 Å². The van der Waals surface area contributed by atoms with Gasteiger partial charge in [-0.3, -0.25) is 14.2 Å². The molecule has 140 valence electrons. The van der Waals surface area contributed by atoms with Gasteiger partial charge < -0.3 is 10.1 Å². The summed E-state index contributed by atoms with van der Waals surface area (Å²) in [5.74, 6) is -0.144. The summed E-state index contributed by atoms with van der Waals surface area (Å²) in [6.45, 7) is 1.84. The van der Waals surface area contributed by atoms with Crippen LogP contribution >= 0.6 is 11.6 Å². The van der Waals surface area contributed by atoms with Gasteiger partial charge in [0.1, 0.15) is 12.6 Å². The Balaban J connectivity index is 1.38. The van der Waals surface area contributed by atoms with Crippen molar-refractivity contribution in [3.8, 4) is 0 Å². The smallest absolute Gasteiger partial charge is 0.241 e. The molecule has 1 aliphatic heterocycles. The number of carbonyl (C=O) groups excluding carboxylic acids is 1. The molecular formula is C19H20ClN5O2. The number of nitrogens with one attached hydrogen (secondary N) is 1. The van der Waals surface area contributed by atoms with Crippen molar-refractivity contribution in [1.82, 2.24) is 24.9 Å². The average Bonchev–Trinajstić information content (AvgIpc) is 3.26. The molecule has 7 nitrogen and oxygen atoms in total. The maximum absolute atomic E-state index is 12.1. The van der Waals surface area contributed by atoms with Gasteiger partial charge in [-0.05, 0) is 17.5 Å². The lowest BCUT2D eigenvalue weighted by Crippen LogP contribution is -2.34. The van der Waals surface area contributed by atoms with E-state index in [0.717, 1.165) is 12.1 Å². The van der Waals surface area contributed by atoms with E-state index >= 15 is 0 Å². The number of nitrogens with zero attached hydrogens (tertiary/aromatic N) is 4. The Morgan fingerprint density at radius 1 is 1.26 bits per heavy atom. The van der Waals surface area contributed by atoms with Crippen LogP contribution in [0.15, 0.2) is 48.9 Å². The summed E-state index contributed by atoms with van der Waals surface area (Å²) in [6.07, 6.45) is 5.79. The van der Waals surface area contributed by atoms with Crippen LogP contribution in [0, 0.1) is 0 Å². The molecule has 8 heteroatoms. The quantitative estimate of drug-likeness (QED) is 0.706. The van der Waals surface area contributed by atoms with E-state index < -0.39 is 0 Å². The van der Waals surface area contributed by atoms with Crippen LogP contribution < -0.4 is 5.32 Å². The second kappa shape index (κ2) is 7.94. The van der Waals surface area contributed by atoms with E-state index in [2.05, 4.69) is 28.7 Å². The summed E-state index contributed by atoms with van der Waals surface area (Å²) >= 11 is 5.81. The first-order chi connectivity index (χ1) is 13.2. The number of fused-ring (bicyclic) bond motifs is 1. The number of aromatic nitrogens is 4. The van der Waals surface area contributed by atoms with Crippen LogP contribution in [-0.4, -0.2) is 38.6 Å². The SMILES string of the molecule is O=C(Cn1cc(Cl)cn1)NCC1OCCc2cn(Cc3ccccc3)nc21. The molecular weight excluding hydrogens is 366 g/mol. The first kappa shape index (κ1) is 17.8. The van der Waals surface area contributed by atoms with Crippen LogP contribution in [0.5, 0.6) is 0 Å². The number of halogens is 1. The van der Waals surface area contributed by atoms with E-state index in [-0.39, 0.29) is 18.6 Å². The Bertz CT molecular complexity index is 921. The van der Waals surface area contributed by atoms with Crippen molar-refractivity contribution in [2.24, 2.45) is 0 Å². The minimum Gasteiger partial charge on any atom is -0.370 e. The first-order valence-electron chi connectivity index (χ1n) is 8.84. The van der Waals surface area contributed by atoms with Crippen molar-refractivity contribution in [2.75, 3.05) is 13.2 Å². The van der Waals surface area contributed by atoms with Gasteiger partial charge in [-0.2, -0.15) is 10.2 Å². The minimum absolute atomic E-state index is 0.120. The van der Waals surface area contributed by atoms with E-state index in [1.165, 1.54) is 22.0 Å². The number of rotatable bonds is 6. The highest BCUT2D eigenvalue weighted by Crippen LogP contribution is 2.25. The van der Waals surface area contributed by atoms with Crippen LogP contribution in [0.25, 0.3) is 0 Å². The number of hydrogen-bond acceptors (Lipinski definition) is 4. The Kier molecular flexibility index (Phi) is 5.22. The number of amides is 1. The molecule has 0 spiro atoms. The number of hydrogen-bond donors (Lipinski definition) is 1. The predicted molar refractivity (Wildman–Crippen MR) is 100 cm³/mol. The Morgan fingerprint density at radius 2 is 2.11 bits per heavy atom. The fourth-order valence-electron chi connectivity index (χ4n) is 3.17. The molecule has 0 bridgehead atoms. The predicted octanol–water partition coefficient (Wildman–Crippen LogP) is 2.21. The molecule has 2 aromatic heterocycles. The molecule has 0 radical (unpaired) electrons. The molecule has 0 saturated carbocycles. The summed E-state index contributed by atoms with van der Waals surface area (Å²) in [5.41, 5.74) is 3.27. The van der Waals surface area contributed by atoms with Crippen molar-refractivity contribution in [1.29, 1.82) is 0 Å². The third kappa shape index (κ3) is 4.37. The Labute approximate surface area is 161 Å². The van der Waals surface area contributed by atoms with Crippen LogP contribution in [0.4, 0.5) is 0 Å². The van der Waals surface area contributed by atoms with E-state index in [1.54, 1.807) is 6.20 Å². The largest absolute Gasteiger partial charge is 0.370 e. The third-order valence-electron chi connectivity index (χ3n) is 4.44. The van der Waals surface area contributed by atoms with Crippen LogP contribution in [-0.2, 0) is 29.0 Å². The zero-order valence-electron chi connectivity index (χ0n) is 14.7. The molecule has 3 heterocycles. The molecule has 1 amide bonds. The highest BCUT2D eigenvalue weighted by molar-refractivity contribution is 6.30. The normalized spacial score (nSPS) is 16.1. The molecule has 1 aliphatic rings. The zero-order valence-corrected chi connectivity index (χ0v) is 15.5. The first-order valence-corrected chi connectivity index (χ1v) is 9.21. The lowest BCUT2D eigenvalue weighted by atomic mass is 10.1. The van der Waals surface area contributed by atoms with Crippen LogP contribution in [0.3, 0.4) is 0 Å². The van der Waals surface area contributed by atoms with Crippen molar-refractivity contribution >= 4 is 17.5 Å². The summed E-state index contributed by atoms with van der Waals surface area (Å²) in [4.78, 5) is 12.1. The van der Waals surface area contributed by atoms with E-state index in [9.17, 15) is 4.79 Å². The van der Waals surface area contributed by atoms with Crippen LogP contribution in [0.1, 0.15) is 22.9 Å². The molecule has 3 aromatic rings. The molecule has 0 aliphatic carbocycles. The second-order valence-electron chi connectivity index (χ2n) is 6.49. The van der Waals surface area contributed by atoms with E-state index in [1.807, 2.05) is 22.9 Å². The molecule has 1 aromatic carbocycles. The van der Waals surface area contributed by atoms with Gasteiger partial charge in [0, 0.05) is 18.9 Å². The van der Waals surface area contributed by atoms with Crippen molar-refractivity contribution in [3.63, 3.8) is 0 Å². The highest BCUT2D eigenvalue weighted by Gasteiger charge is 2.25. The molecule has 1 N–H and O–H groups in total. The minimum atomic E-state index is -0.240. The maximum Gasteiger partial charge on any atom is 0.241 e. The van der Waals surface area contributed by atoms with Crippen LogP contribution in [0.2, 0.25) is 5.02 Å². The number of ether oxygens (including phenoxy) is 1. The number of benzene rings is 1. The van der Waals surface area contributed by atoms with Gasteiger partial charge in [0.05, 0.1) is 30.1 Å². The van der Waals surface area contributed by atoms with Gasteiger partial charge >= 0.3 is 0 Å². The third-order valence-corrected chi connectivity index (χ3v) is 4.64. The topological polar surface area (TPSA) is 74.0 Å². The molecule has 27 heavy (non-hydrogen) atoms. The Morgan fingerprint density at radius 3 is 2.89 bits per heavy atom. The van der Waals surface area contributed by atoms with Crippen molar-refractivity contribution < 1.29 is 9.53 Å². The standard InChI is InChI=1S/C19H20ClN5O2/c20-16-8-22-24(12-16)13-18(26)21-9-17-19-15(6-7-27-17)11-25(23-19)10-14-4-2-1-3-5-14/h1-5,8,11-12,17H,6-7,9-10,13H2,(H,21,26). The van der Waals surface area contributed by atoms with Gasteiger partial charge in [0.2, 0.25) is 5.91 Å². The van der Waals surface area contributed by atoms with E-state index in [4.69, 9.17) is 21.4 Å².